The Balaban J connectivity index is 1.85. The van der Waals surface area contributed by atoms with Crippen LogP contribution in [-0.4, -0.2) is 36.3 Å². The molecule has 0 saturated carbocycles. The molecule has 1 N–H and O–H groups in total. The maximum Gasteiger partial charge on any atom is 0.256 e. The number of rotatable bonds is 13. The third-order valence-electron chi connectivity index (χ3n) is 6.46. The van der Waals surface area contributed by atoms with E-state index in [0.29, 0.717) is 24.2 Å². The van der Waals surface area contributed by atoms with E-state index >= 15 is 0 Å². The normalized spacial score (nSPS) is 13.6. The lowest BCUT2D eigenvalue weighted by atomic mass is 10.1. The van der Waals surface area contributed by atoms with Crippen molar-refractivity contribution < 1.29 is 14.0 Å². The van der Waals surface area contributed by atoms with Gasteiger partial charge in [-0.2, -0.15) is 0 Å². The average Bonchev–Trinajstić information content (AvgIpc) is 3.38. The molecule has 2 amide bonds. The van der Waals surface area contributed by atoms with E-state index in [-0.39, 0.29) is 11.8 Å². The number of amides is 2. The topological polar surface area (TPSA) is 65.8 Å². The lowest BCUT2D eigenvalue weighted by Crippen LogP contribution is -2.37. The van der Waals surface area contributed by atoms with E-state index in [0.717, 1.165) is 82.4 Å². The molecule has 1 fully saturated rings. The van der Waals surface area contributed by atoms with Crippen molar-refractivity contribution in [2.24, 2.45) is 0 Å². The second-order valence-electron chi connectivity index (χ2n) is 9.30. The lowest BCUT2D eigenvalue weighted by molar-refractivity contribution is -0.116. The van der Waals surface area contributed by atoms with Gasteiger partial charge in [-0.3, -0.25) is 9.59 Å². The highest BCUT2D eigenvalue weighted by molar-refractivity contribution is 6.02. The standard InChI is InChI=1S/C28H41N3O3/c1-3-5-7-9-14-27(32)29-23-15-16-26(25(21-23)28(33)30-18-10-8-11-19-30)31(17-6-4-2)22-24-13-12-20-34-24/h12-13,15-16,20-21H,3-11,14,17-19,22H2,1-2H3,(H,29,32). The molecule has 0 bridgehead atoms. The molecule has 34 heavy (non-hydrogen) atoms. The van der Waals surface area contributed by atoms with Crippen molar-refractivity contribution in [1.29, 1.82) is 0 Å². The molecule has 6 nitrogen and oxygen atoms in total. The fraction of sp³-hybridized carbons (Fsp3) is 0.571. The van der Waals surface area contributed by atoms with Gasteiger partial charge in [0.2, 0.25) is 5.91 Å². The molecular formula is C28H41N3O3. The van der Waals surface area contributed by atoms with Crippen LogP contribution < -0.4 is 10.2 Å². The number of likely N-dealkylation sites (tertiary alicyclic amines) is 1. The monoisotopic (exact) mass is 467 g/mol. The van der Waals surface area contributed by atoms with Gasteiger partial charge in [-0.1, -0.05) is 39.5 Å². The van der Waals surface area contributed by atoms with E-state index < -0.39 is 0 Å². The van der Waals surface area contributed by atoms with Crippen LogP contribution in [-0.2, 0) is 11.3 Å². The van der Waals surface area contributed by atoms with Crippen LogP contribution in [0.3, 0.4) is 0 Å². The van der Waals surface area contributed by atoms with Gasteiger partial charge in [-0.15, -0.1) is 0 Å². The van der Waals surface area contributed by atoms with E-state index in [1.165, 1.54) is 6.42 Å². The Morgan fingerprint density at radius 2 is 1.79 bits per heavy atom. The van der Waals surface area contributed by atoms with E-state index in [4.69, 9.17) is 4.42 Å². The van der Waals surface area contributed by atoms with Crippen molar-refractivity contribution in [1.82, 2.24) is 4.90 Å². The number of unbranched alkanes of at least 4 members (excludes halogenated alkanes) is 4. The maximum absolute atomic E-state index is 13.6. The Hall–Kier alpha value is -2.76. The van der Waals surface area contributed by atoms with Gasteiger partial charge in [0, 0.05) is 31.7 Å². The number of anilines is 2. The van der Waals surface area contributed by atoms with Crippen LogP contribution in [0.1, 0.15) is 94.2 Å². The third kappa shape index (κ3) is 7.64. The van der Waals surface area contributed by atoms with Crippen LogP contribution in [0.5, 0.6) is 0 Å². The smallest absolute Gasteiger partial charge is 0.256 e. The molecule has 186 valence electrons. The molecule has 6 heteroatoms. The first-order valence-electron chi connectivity index (χ1n) is 13.1. The van der Waals surface area contributed by atoms with Gasteiger partial charge in [-0.05, 0) is 62.4 Å². The maximum atomic E-state index is 13.6. The van der Waals surface area contributed by atoms with E-state index in [2.05, 4.69) is 24.1 Å². The summed E-state index contributed by atoms with van der Waals surface area (Å²) < 4.78 is 5.62. The number of carbonyl (C=O) groups is 2. The molecule has 1 aromatic carbocycles. The number of carbonyl (C=O) groups excluding carboxylic acids is 2. The van der Waals surface area contributed by atoms with Gasteiger partial charge in [0.25, 0.3) is 5.91 Å². The van der Waals surface area contributed by atoms with Crippen LogP contribution >= 0.6 is 0 Å². The minimum Gasteiger partial charge on any atom is -0.467 e. The molecular weight excluding hydrogens is 426 g/mol. The summed E-state index contributed by atoms with van der Waals surface area (Å²) in [7, 11) is 0. The van der Waals surface area contributed by atoms with E-state index in [1.807, 2.05) is 35.2 Å². The highest BCUT2D eigenvalue weighted by Crippen LogP contribution is 2.29. The Morgan fingerprint density at radius 3 is 2.50 bits per heavy atom. The van der Waals surface area contributed by atoms with Crippen LogP contribution in [0.2, 0.25) is 0 Å². The van der Waals surface area contributed by atoms with Crippen molar-refractivity contribution >= 4 is 23.2 Å². The molecule has 3 rings (SSSR count). The number of hydrogen-bond donors (Lipinski definition) is 1. The van der Waals surface area contributed by atoms with Crippen LogP contribution in [0.25, 0.3) is 0 Å². The third-order valence-corrected chi connectivity index (χ3v) is 6.46. The molecule has 0 radical (unpaired) electrons. The first-order valence-corrected chi connectivity index (χ1v) is 13.1. The SMILES string of the molecule is CCCCCCC(=O)Nc1ccc(N(CCCC)Cc2ccco2)c(C(=O)N2CCCCC2)c1. The van der Waals surface area contributed by atoms with E-state index in [1.54, 1.807) is 6.26 Å². The Labute approximate surface area is 204 Å². The van der Waals surface area contributed by atoms with Gasteiger partial charge in [0.1, 0.15) is 5.76 Å². The van der Waals surface area contributed by atoms with Gasteiger partial charge in [0.15, 0.2) is 0 Å². The summed E-state index contributed by atoms with van der Waals surface area (Å²) in [6.07, 6.45) is 11.8. The van der Waals surface area contributed by atoms with Crippen molar-refractivity contribution in [3.05, 3.63) is 47.9 Å². The molecule has 0 aliphatic carbocycles. The highest BCUT2D eigenvalue weighted by Gasteiger charge is 2.24. The number of hydrogen-bond acceptors (Lipinski definition) is 4. The Kier molecular flexibility index (Phi) is 10.5. The molecule has 2 aromatic rings. The zero-order valence-corrected chi connectivity index (χ0v) is 21.0. The molecule has 1 aliphatic rings. The zero-order chi connectivity index (χ0) is 24.2. The van der Waals surface area contributed by atoms with Gasteiger partial charge in [-0.25, -0.2) is 0 Å². The van der Waals surface area contributed by atoms with Crippen molar-refractivity contribution in [2.75, 3.05) is 29.9 Å². The number of piperidine rings is 1. The zero-order valence-electron chi connectivity index (χ0n) is 21.0. The molecule has 0 atom stereocenters. The number of nitrogens with zero attached hydrogens (tertiary/aromatic N) is 2. The molecule has 0 unspecified atom stereocenters. The summed E-state index contributed by atoms with van der Waals surface area (Å²) in [4.78, 5) is 30.3. The summed E-state index contributed by atoms with van der Waals surface area (Å²) in [5, 5.41) is 3.03. The Morgan fingerprint density at radius 1 is 1.00 bits per heavy atom. The second kappa shape index (κ2) is 13.8. The summed E-state index contributed by atoms with van der Waals surface area (Å²) in [6, 6.07) is 9.65. The molecule has 0 spiro atoms. The summed E-state index contributed by atoms with van der Waals surface area (Å²) >= 11 is 0. The molecule has 1 aliphatic heterocycles. The summed E-state index contributed by atoms with van der Waals surface area (Å²) in [5.41, 5.74) is 2.26. The second-order valence-corrected chi connectivity index (χ2v) is 9.30. The highest BCUT2D eigenvalue weighted by atomic mass is 16.3. The minimum absolute atomic E-state index is 0.0126. The van der Waals surface area contributed by atoms with Crippen LogP contribution in [0.15, 0.2) is 41.0 Å². The quantitative estimate of drug-likeness (QED) is 0.336. The van der Waals surface area contributed by atoms with Crippen molar-refractivity contribution in [3.63, 3.8) is 0 Å². The number of benzene rings is 1. The fourth-order valence-electron chi connectivity index (χ4n) is 4.49. The predicted octanol–water partition coefficient (Wildman–Crippen LogP) is 6.62. The average molecular weight is 468 g/mol. The van der Waals surface area contributed by atoms with E-state index in [9.17, 15) is 9.59 Å². The predicted molar refractivity (Wildman–Crippen MR) is 138 cm³/mol. The first kappa shape index (κ1) is 25.9. The molecule has 2 heterocycles. The lowest BCUT2D eigenvalue weighted by Gasteiger charge is -2.31. The van der Waals surface area contributed by atoms with Crippen molar-refractivity contribution in [3.8, 4) is 0 Å². The van der Waals surface area contributed by atoms with Gasteiger partial charge < -0.3 is 19.5 Å². The number of furan rings is 1. The van der Waals surface area contributed by atoms with Gasteiger partial charge in [0.05, 0.1) is 24.1 Å². The fourth-order valence-corrected chi connectivity index (χ4v) is 4.49. The molecule has 1 aromatic heterocycles. The first-order chi connectivity index (χ1) is 16.6. The van der Waals surface area contributed by atoms with Crippen LogP contribution in [0, 0.1) is 0 Å². The summed E-state index contributed by atoms with van der Waals surface area (Å²) in [6.45, 7) is 7.36. The van der Waals surface area contributed by atoms with Crippen molar-refractivity contribution in [2.45, 2.75) is 84.6 Å². The molecule has 1 saturated heterocycles. The van der Waals surface area contributed by atoms with Gasteiger partial charge >= 0.3 is 0 Å². The Bertz CT molecular complexity index is 888. The largest absolute Gasteiger partial charge is 0.467 e. The van der Waals surface area contributed by atoms with Crippen LogP contribution in [0.4, 0.5) is 11.4 Å². The number of nitrogens with one attached hydrogen (secondary N) is 1. The summed E-state index contributed by atoms with van der Waals surface area (Å²) in [5.74, 6) is 0.935. The minimum atomic E-state index is 0.0126.